The summed E-state index contributed by atoms with van der Waals surface area (Å²) in [5, 5.41) is 25.3. The minimum Gasteiger partial charge on any atom is -0.475 e. The van der Waals surface area contributed by atoms with Crippen molar-refractivity contribution in [2.75, 3.05) is 63.5 Å². The number of alkyl halides is 2. The minimum absolute atomic E-state index is 0.0513. The van der Waals surface area contributed by atoms with Crippen molar-refractivity contribution < 1.29 is 47.2 Å². The highest BCUT2D eigenvalue weighted by Crippen LogP contribution is 2.40. The second-order valence-electron chi connectivity index (χ2n) is 20.3. The average Bonchev–Trinajstić information content (AvgIpc) is 3.41. The first kappa shape index (κ1) is 54.0. The maximum atomic E-state index is 14.1. The van der Waals surface area contributed by atoms with Gasteiger partial charge in [0.1, 0.15) is 18.9 Å². The first-order chi connectivity index (χ1) is 35.9. The number of nitrogens with one attached hydrogen (secondary N) is 2. The Morgan fingerprint density at radius 2 is 1.20 bits per heavy atom. The number of amides is 2. The maximum Gasteiger partial charge on any atom is 0.286 e. The lowest BCUT2D eigenvalue weighted by Gasteiger charge is -2.33. The monoisotopic (exact) mass is 1020 g/mol. The topological polar surface area (TPSA) is 200 Å². The van der Waals surface area contributed by atoms with Crippen LogP contribution in [0.5, 0.6) is 11.8 Å². The van der Waals surface area contributed by atoms with Crippen LogP contribution in [0.1, 0.15) is 115 Å². The van der Waals surface area contributed by atoms with Crippen molar-refractivity contribution in [3.8, 4) is 40.1 Å². The quantitative estimate of drug-likeness (QED) is 0.0648. The van der Waals surface area contributed by atoms with Crippen molar-refractivity contribution in [3.63, 3.8) is 0 Å². The Morgan fingerprint density at radius 3 is 1.75 bits per heavy atom. The summed E-state index contributed by atoms with van der Waals surface area (Å²) in [6, 6.07) is 26.8. The Morgan fingerprint density at radius 1 is 0.693 bits per heavy atom. The van der Waals surface area contributed by atoms with E-state index in [1.165, 1.54) is 18.5 Å². The molecule has 15 nitrogen and oxygen atoms in total. The lowest BCUT2D eigenvalue weighted by molar-refractivity contribution is 0.0127. The summed E-state index contributed by atoms with van der Waals surface area (Å²) in [5.41, 5.74) is 6.41. The number of halogens is 2. The van der Waals surface area contributed by atoms with E-state index in [1.807, 2.05) is 61.5 Å². The molecule has 0 aliphatic carbocycles. The molecule has 2 saturated heterocycles. The van der Waals surface area contributed by atoms with Crippen LogP contribution in [0.15, 0.2) is 97.3 Å². The number of nitrogens with zero attached hydrogens (tertiary/aromatic N) is 5. The number of ether oxygens (including phenoxy) is 5. The number of nitriles is 1. The van der Waals surface area contributed by atoms with Crippen LogP contribution in [-0.2, 0) is 43.0 Å². The molecule has 0 atom stereocenters. The number of hydrogen-bond acceptors (Lipinski definition) is 13. The van der Waals surface area contributed by atoms with E-state index in [0.717, 1.165) is 83.4 Å². The molecule has 2 aromatic carbocycles. The van der Waals surface area contributed by atoms with Gasteiger partial charge in [0, 0.05) is 91.2 Å². The van der Waals surface area contributed by atoms with E-state index >= 15 is 0 Å². The molecule has 75 heavy (non-hydrogen) atoms. The van der Waals surface area contributed by atoms with E-state index in [4.69, 9.17) is 33.7 Å². The van der Waals surface area contributed by atoms with Crippen molar-refractivity contribution in [2.45, 2.75) is 96.0 Å². The number of aliphatic hydroxyl groups is 1. The van der Waals surface area contributed by atoms with Gasteiger partial charge in [-0.3, -0.25) is 19.6 Å². The Bertz CT molecular complexity index is 3070. The molecule has 8 rings (SSSR count). The molecule has 0 spiro atoms. The third-order valence-electron chi connectivity index (χ3n) is 14.0. The number of pyridine rings is 4. The molecule has 6 aromatic rings. The number of aromatic nitrogens is 4. The number of aryl methyl sites for hydroxylation is 1. The van der Waals surface area contributed by atoms with Crippen LogP contribution in [0, 0.1) is 18.3 Å². The van der Waals surface area contributed by atoms with Crippen LogP contribution in [0.25, 0.3) is 22.3 Å². The van der Waals surface area contributed by atoms with E-state index in [0.29, 0.717) is 60.8 Å². The van der Waals surface area contributed by atoms with Gasteiger partial charge in [-0.1, -0.05) is 26.0 Å². The van der Waals surface area contributed by atoms with Crippen LogP contribution in [-0.4, -0.2) is 89.7 Å². The summed E-state index contributed by atoms with van der Waals surface area (Å²) in [6.07, 6.45) is 5.73. The molecule has 392 valence electrons. The molecule has 0 bridgehead atoms. The average molecular weight is 1020 g/mol. The number of rotatable bonds is 19. The Balaban J connectivity index is 1.05. The van der Waals surface area contributed by atoms with E-state index in [9.17, 15) is 28.7 Å². The first-order valence-electron chi connectivity index (χ1n) is 25.1. The van der Waals surface area contributed by atoms with E-state index in [-0.39, 0.29) is 55.3 Å². The van der Waals surface area contributed by atoms with Crippen molar-refractivity contribution >= 4 is 23.2 Å². The smallest absolute Gasteiger partial charge is 0.286 e. The molecule has 3 N–H and O–H groups in total. The van der Waals surface area contributed by atoms with Gasteiger partial charge in [0.2, 0.25) is 11.8 Å². The second kappa shape index (κ2) is 23.1. The van der Waals surface area contributed by atoms with Gasteiger partial charge in [-0.05, 0) is 140 Å². The third kappa shape index (κ3) is 13.2. The Labute approximate surface area is 436 Å². The van der Waals surface area contributed by atoms with Crippen molar-refractivity contribution in [1.29, 1.82) is 5.26 Å². The molecular formula is C58H63F2N7O8. The molecule has 17 heteroatoms. The van der Waals surface area contributed by atoms with E-state index in [2.05, 4.69) is 40.5 Å². The zero-order chi connectivity index (χ0) is 53.4. The van der Waals surface area contributed by atoms with Crippen molar-refractivity contribution in [2.24, 2.45) is 0 Å². The summed E-state index contributed by atoms with van der Waals surface area (Å²) >= 11 is 0. The highest BCUT2D eigenvalue weighted by molar-refractivity contribution is 6.05. The Hall–Kier alpha value is -7.23. The number of hydrogen-bond donors (Lipinski definition) is 3. The van der Waals surface area contributed by atoms with Crippen LogP contribution >= 0.6 is 0 Å². The molecule has 2 amide bonds. The van der Waals surface area contributed by atoms with Crippen LogP contribution < -0.4 is 20.1 Å². The lowest BCUT2D eigenvalue weighted by Crippen LogP contribution is -2.31. The second-order valence-corrected chi connectivity index (χ2v) is 20.3. The number of carbonyl (C=O) groups excluding carboxylic acids is 2. The summed E-state index contributed by atoms with van der Waals surface area (Å²) in [5.74, 6) is -3.39. The maximum absolute atomic E-state index is 14.1. The number of aliphatic hydroxyl groups excluding tert-OH is 1. The van der Waals surface area contributed by atoms with Crippen LogP contribution in [0.3, 0.4) is 0 Å². The zero-order valence-corrected chi connectivity index (χ0v) is 43.2. The predicted molar refractivity (Wildman–Crippen MR) is 279 cm³/mol. The summed E-state index contributed by atoms with van der Waals surface area (Å²) in [6.45, 7) is 13.2. The fourth-order valence-corrected chi connectivity index (χ4v) is 9.03. The molecule has 0 unspecified atom stereocenters. The van der Waals surface area contributed by atoms with Gasteiger partial charge < -0.3 is 39.4 Å². The molecular weight excluding hydrogens is 961 g/mol. The van der Waals surface area contributed by atoms with Crippen LogP contribution in [0.4, 0.5) is 20.2 Å². The normalized spacial score (nSPS) is 15.4. The van der Waals surface area contributed by atoms with Gasteiger partial charge in [0.25, 0.3) is 17.7 Å². The van der Waals surface area contributed by atoms with Gasteiger partial charge in [-0.15, -0.1) is 0 Å². The summed E-state index contributed by atoms with van der Waals surface area (Å²) in [7, 11) is 0. The van der Waals surface area contributed by atoms with E-state index < -0.39 is 22.9 Å². The summed E-state index contributed by atoms with van der Waals surface area (Å²) < 4.78 is 58.3. The van der Waals surface area contributed by atoms with Gasteiger partial charge in [0.05, 0.1) is 48.4 Å². The largest absolute Gasteiger partial charge is 0.475 e. The number of benzene rings is 2. The predicted octanol–water partition coefficient (Wildman–Crippen LogP) is 10.4. The molecule has 4 aromatic heterocycles. The van der Waals surface area contributed by atoms with E-state index in [1.54, 1.807) is 32.0 Å². The SMILES string of the molecule is Cc1ccc(NC(=O)c2ccnc(C(C)(F)F)c2)cc1-c1cc(OCCOCc2ccc(NC(=O)c3ccnc(C(C)(C)C#N)c3)cc2-c2cc(OCCO)nc(C3(C)CCOCC3)c2)nc(C2(C)CCOCC2)c1. The highest BCUT2D eigenvalue weighted by Gasteiger charge is 2.34. The minimum atomic E-state index is -3.21. The molecule has 0 radical (unpaired) electrons. The fourth-order valence-electron chi connectivity index (χ4n) is 9.03. The van der Waals surface area contributed by atoms with Gasteiger partial charge in [-0.2, -0.15) is 14.0 Å². The molecule has 2 aliphatic heterocycles. The van der Waals surface area contributed by atoms with Gasteiger partial charge in [-0.25, -0.2) is 9.97 Å². The lowest BCUT2D eigenvalue weighted by atomic mass is 9.78. The number of anilines is 2. The molecule has 6 heterocycles. The van der Waals surface area contributed by atoms with Gasteiger partial charge >= 0.3 is 0 Å². The third-order valence-corrected chi connectivity index (χ3v) is 14.0. The van der Waals surface area contributed by atoms with Gasteiger partial charge in [0.15, 0.2) is 0 Å². The Kier molecular flexibility index (Phi) is 16.7. The van der Waals surface area contributed by atoms with Crippen molar-refractivity contribution in [3.05, 3.63) is 142 Å². The summed E-state index contributed by atoms with van der Waals surface area (Å²) in [4.78, 5) is 45.1. The zero-order valence-electron chi connectivity index (χ0n) is 43.2. The molecule has 2 fully saturated rings. The number of carbonyl (C=O) groups is 2. The van der Waals surface area contributed by atoms with Crippen molar-refractivity contribution in [1.82, 2.24) is 19.9 Å². The molecule has 0 saturated carbocycles. The molecule has 2 aliphatic rings. The van der Waals surface area contributed by atoms with Crippen LogP contribution in [0.2, 0.25) is 0 Å². The highest BCUT2D eigenvalue weighted by atomic mass is 19.3. The first-order valence-corrected chi connectivity index (χ1v) is 25.1. The standard InChI is InChI=1S/C58H63F2N7O8/c1-37-7-9-43(64-54(70)39-12-18-63-50(28-39)58(6,59)60)33-45(37)41-29-48(56(4)13-20-71-21-14-56)67-52(31-41)75-26-25-73-35-40-8-10-44(65-53(69)38-11-17-62-47(27-38)55(2,3)36-61)34-46(40)42-30-49(57(5)15-22-72-23-16-57)66-51(32-42)74-24-19-68/h7-12,17-18,27-34,68H,13-16,19-26,35H2,1-6H3,(H,64,70)(H,65,69). The fraction of sp³-hybridized carbons (Fsp3) is 0.397.